The molecule has 1 heterocycles. The Hall–Kier alpha value is -1.78. The minimum atomic E-state index is -0.475. The van der Waals surface area contributed by atoms with E-state index in [4.69, 9.17) is 9.47 Å². The van der Waals surface area contributed by atoms with Gasteiger partial charge in [0.1, 0.15) is 5.70 Å². The SMILES string of the molecule is COC(=O)C1=C(C(=O)OC)N(C2CCCCC2)C=CC1C. The molecule has 1 saturated carbocycles. The standard InChI is InChI=1S/C16H23NO4/c1-11-9-10-17(12-7-5-4-6-8-12)14(16(19)21-3)13(11)15(18)20-2/h9-12H,4-8H2,1-3H3. The smallest absolute Gasteiger partial charge is 0.355 e. The van der Waals surface area contributed by atoms with Gasteiger partial charge in [0, 0.05) is 18.2 Å². The Balaban J connectivity index is 2.42. The summed E-state index contributed by atoms with van der Waals surface area (Å²) in [6.07, 6.45) is 9.42. The number of esters is 2. The number of carbonyl (C=O) groups is 2. The fourth-order valence-electron chi connectivity index (χ4n) is 3.12. The van der Waals surface area contributed by atoms with E-state index in [0.29, 0.717) is 11.3 Å². The number of hydrogen-bond donors (Lipinski definition) is 0. The molecule has 0 amide bonds. The van der Waals surface area contributed by atoms with E-state index in [0.717, 1.165) is 25.7 Å². The van der Waals surface area contributed by atoms with Crippen LogP contribution in [0, 0.1) is 5.92 Å². The van der Waals surface area contributed by atoms with Gasteiger partial charge < -0.3 is 14.4 Å². The molecule has 0 radical (unpaired) electrons. The van der Waals surface area contributed by atoms with E-state index in [-0.39, 0.29) is 12.0 Å². The highest BCUT2D eigenvalue weighted by Gasteiger charge is 2.35. The first-order valence-corrected chi connectivity index (χ1v) is 7.47. The van der Waals surface area contributed by atoms with Gasteiger partial charge >= 0.3 is 11.9 Å². The summed E-state index contributed by atoms with van der Waals surface area (Å²) in [5.41, 5.74) is 0.726. The van der Waals surface area contributed by atoms with Gasteiger partial charge in [-0.2, -0.15) is 0 Å². The van der Waals surface area contributed by atoms with E-state index < -0.39 is 11.9 Å². The number of nitrogens with zero attached hydrogens (tertiary/aromatic N) is 1. The molecule has 0 bridgehead atoms. The zero-order valence-corrected chi connectivity index (χ0v) is 12.9. The van der Waals surface area contributed by atoms with E-state index in [1.807, 2.05) is 24.1 Å². The second-order valence-electron chi connectivity index (χ2n) is 5.57. The monoisotopic (exact) mass is 293 g/mol. The third-order valence-corrected chi connectivity index (χ3v) is 4.26. The van der Waals surface area contributed by atoms with Crippen LogP contribution in [0.2, 0.25) is 0 Å². The third kappa shape index (κ3) is 3.12. The van der Waals surface area contributed by atoms with Gasteiger partial charge in [-0.1, -0.05) is 32.3 Å². The molecule has 1 aliphatic heterocycles. The molecule has 2 rings (SSSR count). The predicted octanol–water partition coefficient (Wildman–Crippen LogP) is 2.38. The van der Waals surface area contributed by atoms with Crippen LogP contribution in [0.3, 0.4) is 0 Å². The maximum absolute atomic E-state index is 12.2. The lowest BCUT2D eigenvalue weighted by molar-refractivity contribution is -0.141. The fraction of sp³-hybridized carbons (Fsp3) is 0.625. The minimum Gasteiger partial charge on any atom is -0.466 e. The first kappa shape index (κ1) is 15.6. The Kier molecular flexibility index (Phi) is 5.04. The Bertz CT molecular complexity index is 475. The average Bonchev–Trinajstić information content (AvgIpc) is 2.53. The molecule has 1 fully saturated rings. The zero-order chi connectivity index (χ0) is 15.4. The number of methoxy groups -OCH3 is 2. The number of carbonyl (C=O) groups excluding carboxylic acids is 2. The Morgan fingerprint density at radius 1 is 1.10 bits per heavy atom. The van der Waals surface area contributed by atoms with Crippen LogP contribution < -0.4 is 0 Å². The maximum atomic E-state index is 12.2. The van der Waals surface area contributed by atoms with Gasteiger partial charge in [-0.25, -0.2) is 9.59 Å². The molecular weight excluding hydrogens is 270 g/mol. The largest absolute Gasteiger partial charge is 0.466 e. The number of rotatable bonds is 3. The molecule has 5 nitrogen and oxygen atoms in total. The third-order valence-electron chi connectivity index (χ3n) is 4.26. The van der Waals surface area contributed by atoms with Gasteiger partial charge in [0.2, 0.25) is 0 Å². The van der Waals surface area contributed by atoms with Crippen LogP contribution in [0.5, 0.6) is 0 Å². The van der Waals surface area contributed by atoms with Gasteiger partial charge in [-0.15, -0.1) is 0 Å². The summed E-state index contributed by atoms with van der Waals surface area (Å²) < 4.78 is 9.76. The van der Waals surface area contributed by atoms with Crippen molar-refractivity contribution in [3.8, 4) is 0 Å². The average molecular weight is 293 g/mol. The van der Waals surface area contributed by atoms with Crippen LogP contribution in [0.1, 0.15) is 39.0 Å². The van der Waals surface area contributed by atoms with Crippen LogP contribution in [0.15, 0.2) is 23.5 Å². The van der Waals surface area contributed by atoms with Crippen molar-refractivity contribution < 1.29 is 19.1 Å². The van der Waals surface area contributed by atoms with E-state index >= 15 is 0 Å². The molecule has 116 valence electrons. The number of allylic oxidation sites excluding steroid dienone is 1. The second-order valence-corrected chi connectivity index (χ2v) is 5.57. The lowest BCUT2D eigenvalue weighted by Gasteiger charge is -2.37. The first-order chi connectivity index (χ1) is 10.1. The molecule has 0 N–H and O–H groups in total. The van der Waals surface area contributed by atoms with Gasteiger partial charge in [-0.05, 0) is 12.8 Å². The summed E-state index contributed by atoms with van der Waals surface area (Å²) in [7, 11) is 2.67. The normalized spacial score (nSPS) is 23.2. The Morgan fingerprint density at radius 2 is 1.71 bits per heavy atom. The van der Waals surface area contributed by atoms with Gasteiger partial charge in [-0.3, -0.25) is 0 Å². The van der Waals surface area contributed by atoms with E-state index in [9.17, 15) is 9.59 Å². The topological polar surface area (TPSA) is 55.8 Å². The minimum absolute atomic E-state index is 0.161. The quantitative estimate of drug-likeness (QED) is 0.748. The highest BCUT2D eigenvalue weighted by Crippen LogP contribution is 2.33. The molecule has 21 heavy (non-hydrogen) atoms. The maximum Gasteiger partial charge on any atom is 0.355 e. The molecule has 0 spiro atoms. The Labute approximate surface area is 125 Å². The van der Waals surface area contributed by atoms with Gasteiger partial charge in [0.15, 0.2) is 0 Å². The first-order valence-electron chi connectivity index (χ1n) is 7.47. The molecule has 2 aliphatic rings. The zero-order valence-electron chi connectivity index (χ0n) is 12.9. The van der Waals surface area contributed by atoms with Crippen LogP contribution in [0.4, 0.5) is 0 Å². The highest BCUT2D eigenvalue weighted by molar-refractivity contribution is 6.01. The summed E-state index contributed by atoms with van der Waals surface area (Å²) in [5.74, 6) is -1.10. The van der Waals surface area contributed by atoms with E-state index in [2.05, 4.69) is 0 Å². The van der Waals surface area contributed by atoms with Crippen molar-refractivity contribution in [3.63, 3.8) is 0 Å². The van der Waals surface area contributed by atoms with Crippen LogP contribution >= 0.6 is 0 Å². The molecule has 5 heteroatoms. The second kappa shape index (κ2) is 6.78. The van der Waals surface area contributed by atoms with Crippen molar-refractivity contribution in [1.29, 1.82) is 0 Å². The molecule has 1 atom stereocenters. The van der Waals surface area contributed by atoms with Gasteiger partial charge in [0.25, 0.3) is 0 Å². The molecular formula is C16H23NO4. The summed E-state index contributed by atoms with van der Waals surface area (Å²) in [6.45, 7) is 1.88. The van der Waals surface area contributed by atoms with E-state index in [1.54, 1.807) is 0 Å². The van der Waals surface area contributed by atoms with E-state index in [1.165, 1.54) is 20.6 Å². The molecule has 0 aromatic rings. The van der Waals surface area contributed by atoms with Crippen molar-refractivity contribution >= 4 is 11.9 Å². The molecule has 0 aromatic heterocycles. The molecule has 1 aliphatic carbocycles. The summed E-state index contributed by atoms with van der Waals surface area (Å²) in [5, 5.41) is 0. The number of ether oxygens (including phenoxy) is 2. The van der Waals surface area contributed by atoms with Crippen molar-refractivity contribution in [3.05, 3.63) is 23.5 Å². The molecule has 0 aromatic carbocycles. The van der Waals surface area contributed by atoms with Crippen molar-refractivity contribution in [2.45, 2.75) is 45.1 Å². The number of hydrogen-bond acceptors (Lipinski definition) is 5. The predicted molar refractivity (Wildman–Crippen MR) is 78.1 cm³/mol. The van der Waals surface area contributed by atoms with Crippen molar-refractivity contribution in [2.24, 2.45) is 5.92 Å². The summed E-state index contributed by atoms with van der Waals surface area (Å²) in [6, 6.07) is 0.247. The van der Waals surface area contributed by atoms with Crippen molar-refractivity contribution in [1.82, 2.24) is 4.90 Å². The summed E-state index contributed by atoms with van der Waals surface area (Å²) in [4.78, 5) is 26.2. The lowest BCUT2D eigenvalue weighted by Crippen LogP contribution is -2.39. The summed E-state index contributed by atoms with van der Waals surface area (Å²) >= 11 is 0. The van der Waals surface area contributed by atoms with Gasteiger partial charge in [0.05, 0.1) is 19.8 Å². The lowest BCUT2D eigenvalue weighted by atomic mass is 9.90. The molecule has 0 saturated heterocycles. The van der Waals surface area contributed by atoms with Crippen molar-refractivity contribution in [2.75, 3.05) is 14.2 Å². The fourth-order valence-corrected chi connectivity index (χ4v) is 3.12. The van der Waals surface area contributed by atoms with Crippen LogP contribution in [0.25, 0.3) is 0 Å². The Morgan fingerprint density at radius 3 is 2.29 bits per heavy atom. The highest BCUT2D eigenvalue weighted by atomic mass is 16.5. The van der Waals surface area contributed by atoms with Crippen LogP contribution in [-0.4, -0.2) is 37.1 Å². The van der Waals surface area contributed by atoms with Crippen LogP contribution in [-0.2, 0) is 19.1 Å². The molecule has 1 unspecified atom stereocenters.